The van der Waals surface area contributed by atoms with Gasteiger partial charge in [0.15, 0.2) is 0 Å². The highest BCUT2D eigenvalue weighted by Crippen LogP contribution is 1.90. The van der Waals surface area contributed by atoms with Crippen molar-refractivity contribution in [2.45, 2.75) is 13.3 Å². The summed E-state index contributed by atoms with van der Waals surface area (Å²) in [4.78, 5) is 0. The molecular weight excluding hydrogens is 185 g/mol. The Labute approximate surface area is 73.6 Å². The van der Waals surface area contributed by atoms with Crippen molar-refractivity contribution in [1.82, 2.24) is 0 Å². The molecule has 0 aliphatic heterocycles. The zero-order valence-corrected chi connectivity index (χ0v) is 8.69. The van der Waals surface area contributed by atoms with Gasteiger partial charge in [0.1, 0.15) is 0 Å². The van der Waals surface area contributed by atoms with Crippen LogP contribution in [0.3, 0.4) is 0 Å². The van der Waals surface area contributed by atoms with Crippen LogP contribution in [0.25, 0.3) is 0 Å². The van der Waals surface area contributed by atoms with Gasteiger partial charge in [0.05, 0.1) is 27.7 Å². The Morgan fingerprint density at radius 2 is 1.58 bits per heavy atom. The molecule has 12 heavy (non-hydrogen) atoms. The molecule has 0 saturated heterocycles. The minimum Gasteiger partial charge on any atom is -0.722 e. The van der Waals surface area contributed by atoms with Crippen molar-refractivity contribution in [2.75, 3.05) is 27.7 Å². The van der Waals surface area contributed by atoms with Gasteiger partial charge in [-0.2, -0.15) is 0 Å². The highest BCUT2D eigenvalue weighted by Gasteiger charge is 2.01. The quantitative estimate of drug-likeness (QED) is 0.372. The largest absolute Gasteiger partial charge is 0.722 e. The fraction of sp³-hybridized carbons (Fsp3) is 1.00. The Morgan fingerprint density at radius 1 is 1.33 bits per heavy atom. The number of hydrogen-bond donors (Lipinski definition) is 0. The maximum atomic E-state index is 10.1. The smallest absolute Gasteiger partial charge is 0.255 e. The molecule has 0 rings (SSSR count). The summed E-state index contributed by atoms with van der Waals surface area (Å²) < 4.78 is 36.4. The highest BCUT2D eigenvalue weighted by atomic mass is 32.3. The maximum absolute atomic E-state index is 10.1. The molecule has 0 aliphatic carbocycles. The van der Waals surface area contributed by atoms with E-state index < -0.39 is 10.5 Å². The van der Waals surface area contributed by atoms with E-state index in [1.54, 1.807) is 0 Å². The fourth-order valence-electron chi connectivity index (χ4n) is 0.671. The Bertz CT molecular complexity index is 187. The van der Waals surface area contributed by atoms with Gasteiger partial charge in [0, 0.05) is 0 Å². The van der Waals surface area contributed by atoms with Crippen LogP contribution < -0.4 is 0 Å². The van der Waals surface area contributed by atoms with Crippen LogP contribution in [0, 0.1) is 0 Å². The van der Waals surface area contributed by atoms with E-state index in [-0.39, 0.29) is 0 Å². The van der Waals surface area contributed by atoms with Crippen molar-refractivity contribution in [2.24, 2.45) is 0 Å². The lowest BCUT2D eigenvalue weighted by atomic mass is 10.4. The van der Waals surface area contributed by atoms with Crippen LogP contribution >= 0.6 is 0 Å². The standard InChI is InChI=1S/C6H16N.FHO3S/c1-5-6-7(2,3)4;1-5(2,3)4/h5-6H2,1-4H3;(H,2,3,4)/q+1;/p-1. The Kier molecular flexibility index (Phi) is 6.50. The van der Waals surface area contributed by atoms with E-state index in [4.69, 9.17) is 13.0 Å². The molecular formula is C6H16FNO3S. The first-order valence-corrected chi connectivity index (χ1v) is 4.83. The zero-order valence-electron chi connectivity index (χ0n) is 7.87. The van der Waals surface area contributed by atoms with E-state index in [0.717, 1.165) is 4.48 Å². The molecule has 0 amide bonds. The van der Waals surface area contributed by atoms with Crippen LogP contribution in [0.4, 0.5) is 3.89 Å². The zero-order chi connectivity index (χ0) is 10.4. The van der Waals surface area contributed by atoms with Crippen LogP contribution in [0.15, 0.2) is 0 Å². The lowest BCUT2D eigenvalue weighted by molar-refractivity contribution is -0.870. The number of halogens is 1. The number of hydrogen-bond acceptors (Lipinski definition) is 3. The van der Waals surface area contributed by atoms with E-state index in [2.05, 4.69) is 28.1 Å². The third-order valence-electron chi connectivity index (χ3n) is 0.894. The van der Waals surface area contributed by atoms with Crippen molar-refractivity contribution in [3.63, 3.8) is 0 Å². The van der Waals surface area contributed by atoms with E-state index in [0.29, 0.717) is 0 Å². The average molecular weight is 201 g/mol. The van der Waals surface area contributed by atoms with E-state index in [9.17, 15) is 3.89 Å². The summed E-state index contributed by atoms with van der Waals surface area (Å²) in [6.45, 7) is 3.49. The molecule has 0 N–H and O–H groups in total. The lowest BCUT2D eigenvalue weighted by Gasteiger charge is -2.22. The van der Waals surface area contributed by atoms with Crippen molar-refractivity contribution < 1.29 is 21.3 Å². The summed E-state index contributed by atoms with van der Waals surface area (Å²) in [5.74, 6) is 0. The summed E-state index contributed by atoms with van der Waals surface area (Å²) >= 11 is 0. The molecule has 0 atom stereocenters. The van der Waals surface area contributed by atoms with Crippen molar-refractivity contribution in [3.05, 3.63) is 0 Å². The second-order valence-corrected chi connectivity index (χ2v) is 4.19. The first-order chi connectivity index (χ1) is 5.06. The molecule has 0 heterocycles. The second-order valence-electron chi connectivity index (χ2n) is 3.41. The molecule has 76 valence electrons. The van der Waals surface area contributed by atoms with E-state index in [1.165, 1.54) is 13.0 Å². The second kappa shape index (κ2) is 5.45. The van der Waals surface area contributed by atoms with Crippen LogP contribution in [0.1, 0.15) is 13.3 Å². The predicted molar refractivity (Wildman–Crippen MR) is 44.0 cm³/mol. The van der Waals surface area contributed by atoms with Crippen molar-refractivity contribution >= 4 is 10.5 Å². The molecule has 0 saturated carbocycles. The lowest BCUT2D eigenvalue weighted by Crippen LogP contribution is -2.34. The number of nitrogens with zero attached hydrogens (tertiary/aromatic N) is 1. The van der Waals surface area contributed by atoms with Crippen molar-refractivity contribution in [1.29, 1.82) is 0 Å². The monoisotopic (exact) mass is 201 g/mol. The van der Waals surface area contributed by atoms with Crippen LogP contribution in [0.2, 0.25) is 0 Å². The normalized spacial score (nSPS) is 11.8. The minimum atomic E-state index is -5.42. The Balaban J connectivity index is 0. The molecule has 4 nitrogen and oxygen atoms in total. The molecule has 0 aliphatic rings. The van der Waals surface area contributed by atoms with Gasteiger partial charge in [-0.1, -0.05) is 6.92 Å². The Hall–Kier alpha value is -0.200. The third-order valence-corrected chi connectivity index (χ3v) is 0.894. The SMILES string of the molecule is CCC[N+](C)(C)C.O=S(=O)([O-])F. The van der Waals surface area contributed by atoms with Crippen LogP contribution in [-0.4, -0.2) is 45.1 Å². The topological polar surface area (TPSA) is 57.2 Å². The van der Waals surface area contributed by atoms with Gasteiger partial charge in [0.2, 0.25) is 0 Å². The van der Waals surface area contributed by atoms with E-state index in [1.807, 2.05) is 0 Å². The molecule has 6 heteroatoms. The van der Waals surface area contributed by atoms with E-state index >= 15 is 0 Å². The molecule has 0 fully saturated rings. The summed E-state index contributed by atoms with van der Waals surface area (Å²) in [5.41, 5.74) is 0. The van der Waals surface area contributed by atoms with Gasteiger partial charge in [-0.25, -0.2) is 8.42 Å². The molecule has 0 unspecified atom stereocenters. The van der Waals surface area contributed by atoms with Crippen LogP contribution in [-0.2, 0) is 10.5 Å². The van der Waals surface area contributed by atoms with Crippen molar-refractivity contribution in [3.8, 4) is 0 Å². The first-order valence-electron chi connectivity index (χ1n) is 3.52. The minimum absolute atomic E-state index is 1.09. The van der Waals surface area contributed by atoms with Gasteiger partial charge < -0.3 is 9.04 Å². The molecule has 0 aromatic carbocycles. The van der Waals surface area contributed by atoms with Crippen LogP contribution in [0.5, 0.6) is 0 Å². The predicted octanol–water partition coefficient (Wildman–Crippen LogP) is 0.519. The Morgan fingerprint density at radius 3 is 1.58 bits per heavy atom. The molecule has 0 bridgehead atoms. The van der Waals surface area contributed by atoms with Gasteiger partial charge in [-0.05, 0) is 6.42 Å². The first kappa shape index (κ1) is 14.3. The summed E-state index contributed by atoms with van der Waals surface area (Å²) in [5, 5.41) is 0. The highest BCUT2D eigenvalue weighted by molar-refractivity contribution is 7.80. The molecule has 0 spiro atoms. The van der Waals surface area contributed by atoms with Gasteiger partial charge >= 0.3 is 0 Å². The van der Waals surface area contributed by atoms with Gasteiger partial charge in [-0.3, -0.25) is 0 Å². The summed E-state index contributed by atoms with van der Waals surface area (Å²) in [6.07, 6.45) is 1.28. The molecule has 0 aromatic rings. The average Bonchev–Trinajstić information content (AvgIpc) is 1.54. The number of quaternary nitrogens is 1. The summed E-state index contributed by atoms with van der Waals surface area (Å²) in [7, 11) is 1.22. The fourth-order valence-corrected chi connectivity index (χ4v) is 0.671. The molecule has 0 aromatic heterocycles. The van der Waals surface area contributed by atoms with Gasteiger partial charge in [-0.15, -0.1) is 3.89 Å². The number of rotatable bonds is 2. The van der Waals surface area contributed by atoms with Gasteiger partial charge in [0.25, 0.3) is 10.5 Å². The summed E-state index contributed by atoms with van der Waals surface area (Å²) in [6, 6.07) is 0. The molecule has 0 radical (unpaired) electrons. The third kappa shape index (κ3) is 52.6. The maximum Gasteiger partial charge on any atom is 0.255 e.